The van der Waals surface area contributed by atoms with Crippen molar-refractivity contribution in [1.29, 1.82) is 0 Å². The van der Waals surface area contributed by atoms with Crippen LogP contribution in [-0.2, 0) is 17.8 Å². The Morgan fingerprint density at radius 2 is 1.45 bits per heavy atom. The maximum atomic E-state index is 11.9. The van der Waals surface area contributed by atoms with E-state index in [2.05, 4.69) is 4.98 Å². The number of ether oxygens (including phenoxy) is 3. The number of aromatic nitrogens is 1. The average molecular weight is 396 g/mol. The predicted octanol–water partition coefficient (Wildman–Crippen LogP) is 4.08. The highest BCUT2D eigenvalue weighted by Crippen LogP contribution is 2.22. The molecule has 3 rings (SSSR count). The highest BCUT2D eigenvalue weighted by Gasteiger charge is 2.19. The Morgan fingerprint density at radius 1 is 0.931 bits per heavy atom. The molecule has 0 atom stereocenters. The van der Waals surface area contributed by atoms with Crippen molar-refractivity contribution >= 4 is 12.0 Å². The fourth-order valence-corrected chi connectivity index (χ4v) is 2.80. The first-order valence-corrected chi connectivity index (χ1v) is 9.26. The van der Waals surface area contributed by atoms with Crippen LogP contribution in [0.4, 0.5) is 6.01 Å². The summed E-state index contributed by atoms with van der Waals surface area (Å²) in [5.41, 5.74) is 2.25. The van der Waals surface area contributed by atoms with E-state index < -0.39 is 5.97 Å². The number of oxazole rings is 1. The SMILES string of the molecule is CCOC(=O)c1coc(N(Cc2ccc(OC)cc2)Cc2ccc(OC)cc2)n1. The van der Waals surface area contributed by atoms with E-state index in [1.54, 1.807) is 21.1 Å². The molecule has 0 saturated heterocycles. The summed E-state index contributed by atoms with van der Waals surface area (Å²) in [4.78, 5) is 18.2. The van der Waals surface area contributed by atoms with Gasteiger partial charge >= 0.3 is 5.97 Å². The third kappa shape index (κ3) is 5.28. The number of anilines is 1. The smallest absolute Gasteiger partial charge is 0.360 e. The number of rotatable bonds is 9. The second-order valence-electron chi connectivity index (χ2n) is 6.29. The molecule has 0 unspecified atom stereocenters. The number of carbonyl (C=O) groups is 1. The van der Waals surface area contributed by atoms with Gasteiger partial charge in [0, 0.05) is 13.1 Å². The summed E-state index contributed by atoms with van der Waals surface area (Å²) in [6.45, 7) is 3.11. The molecule has 3 aromatic rings. The number of hydrogen-bond donors (Lipinski definition) is 0. The normalized spacial score (nSPS) is 10.4. The molecule has 0 radical (unpaired) electrons. The molecule has 0 aliphatic carbocycles. The number of carbonyl (C=O) groups excluding carboxylic acids is 1. The van der Waals surface area contributed by atoms with Gasteiger partial charge in [0.25, 0.3) is 6.01 Å². The number of esters is 1. The van der Waals surface area contributed by atoms with Crippen molar-refractivity contribution in [2.24, 2.45) is 0 Å². The minimum atomic E-state index is -0.503. The van der Waals surface area contributed by atoms with E-state index in [0.29, 0.717) is 19.1 Å². The van der Waals surface area contributed by atoms with Crippen molar-refractivity contribution in [2.75, 3.05) is 25.7 Å². The monoisotopic (exact) mass is 396 g/mol. The van der Waals surface area contributed by atoms with E-state index in [1.165, 1.54) is 6.26 Å². The minimum absolute atomic E-state index is 0.149. The maximum absolute atomic E-state index is 11.9. The van der Waals surface area contributed by atoms with Crippen LogP contribution in [0.1, 0.15) is 28.5 Å². The predicted molar refractivity (Wildman–Crippen MR) is 108 cm³/mol. The molecule has 0 N–H and O–H groups in total. The molecule has 7 nitrogen and oxygen atoms in total. The fourth-order valence-electron chi connectivity index (χ4n) is 2.80. The largest absolute Gasteiger partial charge is 0.497 e. The molecule has 0 aliphatic heterocycles. The van der Waals surface area contributed by atoms with Crippen LogP contribution in [0.5, 0.6) is 11.5 Å². The van der Waals surface area contributed by atoms with Crippen LogP contribution in [0.25, 0.3) is 0 Å². The van der Waals surface area contributed by atoms with Gasteiger partial charge in [-0.15, -0.1) is 0 Å². The Bertz CT molecular complexity index is 870. The third-order valence-corrected chi connectivity index (χ3v) is 4.31. The molecular weight excluding hydrogens is 372 g/mol. The van der Waals surface area contributed by atoms with E-state index >= 15 is 0 Å². The molecule has 0 amide bonds. The van der Waals surface area contributed by atoms with E-state index in [9.17, 15) is 4.79 Å². The summed E-state index contributed by atoms with van der Waals surface area (Å²) < 4.78 is 21.0. The van der Waals surface area contributed by atoms with Crippen molar-refractivity contribution in [3.63, 3.8) is 0 Å². The van der Waals surface area contributed by atoms with Gasteiger partial charge < -0.3 is 23.5 Å². The lowest BCUT2D eigenvalue weighted by atomic mass is 10.1. The fraction of sp³-hybridized carbons (Fsp3) is 0.273. The first-order chi connectivity index (χ1) is 14.1. The molecule has 0 bridgehead atoms. The zero-order chi connectivity index (χ0) is 20.6. The molecule has 152 valence electrons. The molecule has 0 fully saturated rings. The second kappa shape index (κ2) is 9.64. The van der Waals surface area contributed by atoms with Gasteiger partial charge in [0.15, 0.2) is 5.69 Å². The van der Waals surface area contributed by atoms with Gasteiger partial charge in [0.1, 0.15) is 17.8 Å². The summed E-state index contributed by atoms with van der Waals surface area (Å²) in [5.74, 6) is 1.07. The van der Waals surface area contributed by atoms with Crippen LogP contribution < -0.4 is 14.4 Å². The lowest BCUT2D eigenvalue weighted by molar-refractivity contribution is 0.0519. The van der Waals surface area contributed by atoms with Crippen LogP contribution in [0.2, 0.25) is 0 Å². The number of methoxy groups -OCH3 is 2. The zero-order valence-electron chi connectivity index (χ0n) is 16.8. The van der Waals surface area contributed by atoms with Gasteiger partial charge in [-0.05, 0) is 42.3 Å². The lowest BCUT2D eigenvalue weighted by Crippen LogP contribution is -2.22. The average Bonchev–Trinajstić information content (AvgIpc) is 3.25. The summed E-state index contributed by atoms with van der Waals surface area (Å²) in [6.07, 6.45) is 1.32. The summed E-state index contributed by atoms with van der Waals surface area (Å²) >= 11 is 0. The van der Waals surface area contributed by atoms with Crippen molar-refractivity contribution in [3.8, 4) is 11.5 Å². The van der Waals surface area contributed by atoms with Gasteiger partial charge in [-0.3, -0.25) is 0 Å². The van der Waals surface area contributed by atoms with E-state index in [4.69, 9.17) is 18.6 Å². The third-order valence-electron chi connectivity index (χ3n) is 4.31. The first kappa shape index (κ1) is 20.3. The maximum Gasteiger partial charge on any atom is 0.360 e. The molecule has 7 heteroatoms. The highest BCUT2D eigenvalue weighted by atomic mass is 16.5. The standard InChI is InChI=1S/C22H24N2O5/c1-4-28-21(25)20-15-29-22(23-20)24(13-16-5-9-18(26-2)10-6-16)14-17-7-11-19(27-3)12-8-17/h5-12,15H,4,13-14H2,1-3H3. The van der Waals surface area contributed by atoms with Crippen molar-refractivity contribution in [1.82, 2.24) is 4.98 Å². The topological polar surface area (TPSA) is 74.0 Å². The van der Waals surface area contributed by atoms with E-state index in [-0.39, 0.29) is 12.3 Å². The van der Waals surface area contributed by atoms with Gasteiger partial charge in [-0.1, -0.05) is 24.3 Å². The Morgan fingerprint density at radius 3 is 1.90 bits per heavy atom. The van der Waals surface area contributed by atoms with Crippen LogP contribution in [0, 0.1) is 0 Å². The van der Waals surface area contributed by atoms with Gasteiger partial charge in [0.2, 0.25) is 0 Å². The Balaban J connectivity index is 1.84. The molecule has 2 aromatic carbocycles. The Kier molecular flexibility index (Phi) is 6.73. The van der Waals surface area contributed by atoms with Crippen molar-refractivity contribution in [3.05, 3.63) is 71.6 Å². The van der Waals surface area contributed by atoms with Crippen molar-refractivity contribution in [2.45, 2.75) is 20.0 Å². The molecule has 0 spiro atoms. The van der Waals surface area contributed by atoms with Gasteiger partial charge in [0.05, 0.1) is 20.8 Å². The van der Waals surface area contributed by atoms with E-state index in [0.717, 1.165) is 22.6 Å². The van der Waals surface area contributed by atoms with Crippen LogP contribution in [0.3, 0.4) is 0 Å². The van der Waals surface area contributed by atoms with Gasteiger partial charge in [-0.2, -0.15) is 4.98 Å². The quantitative estimate of drug-likeness (QED) is 0.505. The minimum Gasteiger partial charge on any atom is -0.497 e. The van der Waals surface area contributed by atoms with Crippen molar-refractivity contribution < 1.29 is 23.4 Å². The lowest BCUT2D eigenvalue weighted by Gasteiger charge is -2.21. The summed E-state index contributed by atoms with van der Waals surface area (Å²) in [7, 11) is 3.27. The molecule has 0 saturated carbocycles. The number of nitrogens with zero attached hydrogens (tertiary/aromatic N) is 2. The number of hydrogen-bond acceptors (Lipinski definition) is 7. The summed E-state index contributed by atoms with van der Waals surface area (Å²) in [5, 5.41) is 0. The zero-order valence-corrected chi connectivity index (χ0v) is 16.8. The molecule has 0 aliphatic rings. The molecular formula is C22H24N2O5. The number of benzene rings is 2. The van der Waals surface area contributed by atoms with Gasteiger partial charge in [-0.25, -0.2) is 4.79 Å². The Labute approximate surface area is 169 Å². The highest BCUT2D eigenvalue weighted by molar-refractivity contribution is 5.87. The first-order valence-electron chi connectivity index (χ1n) is 9.26. The molecule has 1 aromatic heterocycles. The van der Waals surface area contributed by atoms with E-state index in [1.807, 2.05) is 53.4 Å². The van der Waals surface area contributed by atoms with Crippen LogP contribution >= 0.6 is 0 Å². The summed E-state index contributed by atoms with van der Waals surface area (Å²) in [6, 6.07) is 15.9. The van der Waals surface area contributed by atoms with Crippen LogP contribution in [-0.4, -0.2) is 31.8 Å². The molecule has 29 heavy (non-hydrogen) atoms. The second-order valence-corrected chi connectivity index (χ2v) is 6.29. The molecule has 1 heterocycles. The Hall–Kier alpha value is -3.48. The van der Waals surface area contributed by atoms with Crippen LogP contribution in [0.15, 0.2) is 59.2 Å².